The molecule has 1 aliphatic heterocycles. The Morgan fingerprint density at radius 1 is 1.26 bits per heavy atom. The fourth-order valence-electron chi connectivity index (χ4n) is 3.51. The molecule has 0 aromatic rings. The third kappa shape index (κ3) is 6.94. The first-order valence-corrected chi connectivity index (χ1v) is 10.3. The van der Waals surface area contributed by atoms with Gasteiger partial charge in [-0.3, -0.25) is 9.69 Å². The van der Waals surface area contributed by atoms with Crippen molar-refractivity contribution >= 4 is 19.4 Å². The van der Waals surface area contributed by atoms with Crippen LogP contribution in [0.3, 0.4) is 0 Å². The number of carbonyl (C=O) groups excluding carboxylic acids is 1. The highest BCUT2D eigenvalue weighted by molar-refractivity contribution is 6.25. The lowest BCUT2D eigenvalue weighted by Crippen LogP contribution is -2.58. The SMILES string of the molecule is NC(CN1CC(OC2=C(C(=O)O)C(O)=C(CC[B]O)CC2)C1)C(=O)NCC(CO)CO. The van der Waals surface area contributed by atoms with Gasteiger partial charge in [0.2, 0.25) is 5.91 Å². The molecule has 1 saturated heterocycles. The molecule has 1 amide bonds. The number of nitrogens with one attached hydrogen (secondary N) is 1. The Morgan fingerprint density at radius 2 is 1.94 bits per heavy atom. The molecule has 173 valence electrons. The Bertz CT molecular complexity index is 704. The van der Waals surface area contributed by atoms with Crippen molar-refractivity contribution in [2.45, 2.75) is 37.7 Å². The molecule has 12 heteroatoms. The highest BCUT2D eigenvalue weighted by atomic mass is 16.5. The van der Waals surface area contributed by atoms with Gasteiger partial charge in [-0.05, 0) is 24.7 Å². The zero-order chi connectivity index (χ0) is 23.0. The van der Waals surface area contributed by atoms with Gasteiger partial charge in [0, 0.05) is 51.7 Å². The number of carboxylic acid groups (broad SMARTS) is 1. The summed E-state index contributed by atoms with van der Waals surface area (Å²) in [6.07, 6.45) is 1.24. The average Bonchev–Trinajstić information content (AvgIpc) is 2.71. The molecule has 0 saturated carbocycles. The van der Waals surface area contributed by atoms with E-state index in [9.17, 15) is 19.8 Å². The van der Waals surface area contributed by atoms with Crippen LogP contribution in [-0.4, -0.2) is 101 Å². The second-order valence-corrected chi connectivity index (χ2v) is 7.82. The molecule has 0 aromatic heterocycles. The molecule has 1 fully saturated rings. The van der Waals surface area contributed by atoms with E-state index >= 15 is 0 Å². The minimum atomic E-state index is -1.27. The van der Waals surface area contributed by atoms with Crippen molar-refractivity contribution in [2.75, 3.05) is 39.4 Å². The Balaban J connectivity index is 1.84. The molecule has 2 aliphatic rings. The number of rotatable bonds is 13. The topological polar surface area (TPSA) is 186 Å². The number of aliphatic hydroxyl groups excluding tert-OH is 3. The van der Waals surface area contributed by atoms with Crippen LogP contribution in [0.2, 0.25) is 6.32 Å². The van der Waals surface area contributed by atoms with Gasteiger partial charge in [-0.15, -0.1) is 0 Å². The van der Waals surface area contributed by atoms with Gasteiger partial charge >= 0.3 is 5.97 Å². The van der Waals surface area contributed by atoms with E-state index in [1.807, 2.05) is 4.90 Å². The molecule has 2 rings (SSSR count). The zero-order valence-corrected chi connectivity index (χ0v) is 17.4. The van der Waals surface area contributed by atoms with Crippen molar-refractivity contribution in [1.82, 2.24) is 10.2 Å². The second-order valence-electron chi connectivity index (χ2n) is 7.82. The van der Waals surface area contributed by atoms with E-state index in [-0.39, 0.29) is 55.4 Å². The van der Waals surface area contributed by atoms with Crippen LogP contribution in [0.1, 0.15) is 19.3 Å². The van der Waals surface area contributed by atoms with Crippen LogP contribution in [-0.2, 0) is 14.3 Å². The van der Waals surface area contributed by atoms with Gasteiger partial charge in [-0.1, -0.05) is 0 Å². The molecule has 1 aliphatic carbocycles. The van der Waals surface area contributed by atoms with Crippen LogP contribution in [0.15, 0.2) is 22.7 Å². The Kier molecular flexibility index (Phi) is 9.78. The van der Waals surface area contributed by atoms with Gasteiger partial charge < -0.3 is 41.2 Å². The molecule has 31 heavy (non-hydrogen) atoms. The summed E-state index contributed by atoms with van der Waals surface area (Å²) in [5, 5.41) is 49.3. The van der Waals surface area contributed by atoms with Gasteiger partial charge in [0.05, 0.1) is 6.04 Å². The van der Waals surface area contributed by atoms with E-state index in [0.29, 0.717) is 44.2 Å². The van der Waals surface area contributed by atoms with E-state index in [4.69, 9.17) is 25.7 Å². The summed E-state index contributed by atoms with van der Waals surface area (Å²) in [5.41, 5.74) is 6.23. The number of allylic oxidation sites excluding steroid dienone is 2. The first kappa shape index (κ1) is 25.1. The third-order valence-electron chi connectivity index (χ3n) is 5.40. The maximum absolute atomic E-state index is 12.0. The van der Waals surface area contributed by atoms with Crippen LogP contribution in [0.5, 0.6) is 0 Å². The van der Waals surface area contributed by atoms with Gasteiger partial charge in [0.25, 0.3) is 7.48 Å². The van der Waals surface area contributed by atoms with Crippen molar-refractivity contribution in [3.8, 4) is 0 Å². The van der Waals surface area contributed by atoms with Crippen molar-refractivity contribution in [3.05, 3.63) is 22.7 Å². The van der Waals surface area contributed by atoms with Crippen LogP contribution < -0.4 is 11.1 Å². The zero-order valence-electron chi connectivity index (χ0n) is 17.4. The number of likely N-dealkylation sites (tertiary alicyclic amines) is 1. The predicted octanol–water partition coefficient (Wildman–Crippen LogP) is -1.90. The monoisotopic (exact) mass is 440 g/mol. The number of hydrogen-bond donors (Lipinski definition) is 7. The van der Waals surface area contributed by atoms with Crippen LogP contribution in [0, 0.1) is 5.92 Å². The fraction of sp³-hybridized carbons (Fsp3) is 0.684. The molecular weight excluding hydrogens is 409 g/mol. The van der Waals surface area contributed by atoms with Gasteiger partial charge in [0.1, 0.15) is 23.2 Å². The van der Waals surface area contributed by atoms with Gasteiger partial charge in [0.15, 0.2) is 0 Å². The van der Waals surface area contributed by atoms with E-state index in [1.165, 1.54) is 0 Å². The second kappa shape index (κ2) is 12.1. The van der Waals surface area contributed by atoms with E-state index < -0.39 is 17.9 Å². The van der Waals surface area contributed by atoms with Crippen molar-refractivity contribution in [2.24, 2.45) is 11.7 Å². The highest BCUT2D eigenvalue weighted by Crippen LogP contribution is 2.33. The summed E-state index contributed by atoms with van der Waals surface area (Å²) < 4.78 is 5.81. The Hall–Kier alpha value is -2.12. The molecule has 8 N–H and O–H groups in total. The highest BCUT2D eigenvalue weighted by Gasteiger charge is 2.34. The number of nitrogens with zero attached hydrogens (tertiary/aromatic N) is 1. The smallest absolute Gasteiger partial charge is 0.342 e. The third-order valence-corrected chi connectivity index (χ3v) is 5.40. The number of hydrogen-bond acceptors (Lipinski definition) is 9. The summed E-state index contributed by atoms with van der Waals surface area (Å²) in [4.78, 5) is 25.6. The number of aliphatic hydroxyl groups is 3. The summed E-state index contributed by atoms with van der Waals surface area (Å²) in [6.45, 7) is 0.863. The Labute approximate surface area is 181 Å². The summed E-state index contributed by atoms with van der Waals surface area (Å²) in [7, 11) is 0.974. The average molecular weight is 440 g/mol. The lowest BCUT2D eigenvalue weighted by molar-refractivity contribution is -0.133. The molecule has 11 nitrogen and oxygen atoms in total. The van der Waals surface area contributed by atoms with Crippen molar-refractivity contribution in [1.29, 1.82) is 0 Å². The molecule has 0 bridgehead atoms. The maximum atomic E-state index is 12.0. The number of amides is 1. The van der Waals surface area contributed by atoms with Crippen molar-refractivity contribution in [3.63, 3.8) is 0 Å². The number of aliphatic carboxylic acids is 1. The first-order valence-electron chi connectivity index (χ1n) is 10.3. The lowest BCUT2D eigenvalue weighted by atomic mass is 9.85. The van der Waals surface area contributed by atoms with E-state index in [1.54, 1.807) is 0 Å². The first-order chi connectivity index (χ1) is 14.8. The van der Waals surface area contributed by atoms with E-state index in [2.05, 4.69) is 5.32 Å². The van der Waals surface area contributed by atoms with Gasteiger partial charge in [-0.25, -0.2) is 4.79 Å². The van der Waals surface area contributed by atoms with Crippen LogP contribution >= 0.6 is 0 Å². The van der Waals surface area contributed by atoms with Crippen molar-refractivity contribution < 1.29 is 39.8 Å². The molecule has 1 unspecified atom stereocenters. The standard InChI is InChI=1S/C19H31BN3O8/c21-14(18(27)22-5-11(9-24)10-25)8-23-6-13(7-23)31-15-2-1-12(3-4-20-30)17(26)16(15)19(28)29/h11,13-14,24-26,30H,1-10,21H2,(H,22,27)(H,28,29). The normalized spacial score (nSPS) is 18.7. The molecule has 1 heterocycles. The number of nitrogens with two attached hydrogens (primary N) is 1. The minimum Gasteiger partial charge on any atom is -0.507 e. The molecular formula is C19H31BN3O8. The lowest BCUT2D eigenvalue weighted by Gasteiger charge is -2.41. The van der Waals surface area contributed by atoms with Crippen LogP contribution in [0.25, 0.3) is 0 Å². The maximum Gasteiger partial charge on any atom is 0.342 e. The minimum absolute atomic E-state index is 0.132. The molecule has 1 radical (unpaired) electrons. The number of carboxylic acids is 1. The molecule has 1 atom stereocenters. The predicted molar refractivity (Wildman–Crippen MR) is 111 cm³/mol. The van der Waals surface area contributed by atoms with Crippen LogP contribution in [0.4, 0.5) is 0 Å². The number of ether oxygens (including phenoxy) is 1. The molecule has 0 aromatic carbocycles. The molecule has 0 spiro atoms. The number of carbonyl (C=O) groups is 2. The Morgan fingerprint density at radius 3 is 2.52 bits per heavy atom. The van der Waals surface area contributed by atoms with Gasteiger partial charge in [-0.2, -0.15) is 0 Å². The fourth-order valence-corrected chi connectivity index (χ4v) is 3.51. The summed E-state index contributed by atoms with van der Waals surface area (Å²) in [6, 6.07) is -0.791. The summed E-state index contributed by atoms with van der Waals surface area (Å²) >= 11 is 0. The largest absolute Gasteiger partial charge is 0.507 e. The summed E-state index contributed by atoms with van der Waals surface area (Å²) in [5.74, 6) is -2.15. The van der Waals surface area contributed by atoms with E-state index in [0.717, 1.165) is 7.48 Å². The quantitative estimate of drug-likeness (QED) is 0.160.